The second-order valence-corrected chi connectivity index (χ2v) is 6.80. The summed E-state index contributed by atoms with van der Waals surface area (Å²) < 4.78 is 0. The van der Waals surface area contributed by atoms with Gasteiger partial charge in [0.1, 0.15) is 0 Å². The fraction of sp³-hybridized carbons (Fsp3) is 0.238. The molecule has 1 aromatic carbocycles. The highest BCUT2D eigenvalue weighted by Crippen LogP contribution is 2.27. The van der Waals surface area contributed by atoms with Crippen molar-refractivity contribution in [2.24, 2.45) is 11.7 Å². The SMILES string of the molecule is NC(=O)C1CCCN(C(=O)c2cc(-c3ccncc3)nc3ccccc23)C1. The predicted octanol–water partition coefficient (Wildman–Crippen LogP) is 2.63. The maximum absolute atomic E-state index is 13.3. The molecule has 27 heavy (non-hydrogen) atoms. The number of carbonyl (C=O) groups excluding carboxylic acids is 2. The maximum atomic E-state index is 13.3. The molecule has 136 valence electrons. The van der Waals surface area contributed by atoms with Crippen LogP contribution in [0.4, 0.5) is 0 Å². The highest BCUT2D eigenvalue weighted by atomic mass is 16.2. The number of fused-ring (bicyclic) bond motifs is 1. The Bertz CT molecular complexity index is 1000. The number of piperidine rings is 1. The van der Waals surface area contributed by atoms with Gasteiger partial charge in [0.25, 0.3) is 5.91 Å². The lowest BCUT2D eigenvalue weighted by molar-refractivity contribution is -0.123. The number of benzene rings is 1. The number of nitrogens with zero attached hydrogens (tertiary/aromatic N) is 3. The molecule has 1 fully saturated rings. The van der Waals surface area contributed by atoms with E-state index in [0.717, 1.165) is 35.0 Å². The number of para-hydroxylation sites is 1. The lowest BCUT2D eigenvalue weighted by Gasteiger charge is -2.31. The molecule has 1 saturated heterocycles. The van der Waals surface area contributed by atoms with Crippen molar-refractivity contribution in [3.05, 3.63) is 60.4 Å². The van der Waals surface area contributed by atoms with Crippen LogP contribution in [-0.4, -0.2) is 39.8 Å². The first kappa shape index (κ1) is 17.1. The Hall–Kier alpha value is -3.28. The third-order valence-corrected chi connectivity index (χ3v) is 5.03. The predicted molar refractivity (Wildman–Crippen MR) is 103 cm³/mol. The maximum Gasteiger partial charge on any atom is 0.254 e. The summed E-state index contributed by atoms with van der Waals surface area (Å²) in [5.74, 6) is -0.713. The molecule has 1 aliphatic heterocycles. The number of likely N-dealkylation sites (tertiary alicyclic amines) is 1. The number of hydrogen-bond acceptors (Lipinski definition) is 4. The normalized spacial score (nSPS) is 17.0. The summed E-state index contributed by atoms with van der Waals surface area (Å²) in [7, 11) is 0. The summed E-state index contributed by atoms with van der Waals surface area (Å²) in [5.41, 5.74) is 8.45. The van der Waals surface area contributed by atoms with Crippen molar-refractivity contribution in [3.63, 3.8) is 0 Å². The molecular weight excluding hydrogens is 340 g/mol. The summed E-state index contributed by atoms with van der Waals surface area (Å²) in [4.78, 5) is 35.4. The van der Waals surface area contributed by atoms with Crippen LogP contribution in [0, 0.1) is 5.92 Å². The molecule has 0 bridgehead atoms. The summed E-state index contributed by atoms with van der Waals surface area (Å²) in [6.07, 6.45) is 4.92. The monoisotopic (exact) mass is 360 g/mol. The van der Waals surface area contributed by atoms with Gasteiger partial charge in [0, 0.05) is 36.4 Å². The van der Waals surface area contributed by atoms with Crippen LogP contribution in [-0.2, 0) is 4.79 Å². The Morgan fingerprint density at radius 2 is 1.89 bits per heavy atom. The van der Waals surface area contributed by atoms with E-state index >= 15 is 0 Å². The Kier molecular flexibility index (Phi) is 4.54. The van der Waals surface area contributed by atoms with Crippen molar-refractivity contribution in [2.45, 2.75) is 12.8 Å². The minimum atomic E-state index is -0.343. The number of hydrogen-bond donors (Lipinski definition) is 1. The molecule has 0 saturated carbocycles. The summed E-state index contributed by atoms with van der Waals surface area (Å²) in [6, 6.07) is 13.2. The molecule has 3 heterocycles. The first-order valence-corrected chi connectivity index (χ1v) is 9.02. The van der Waals surface area contributed by atoms with Crippen LogP contribution in [0.3, 0.4) is 0 Å². The Morgan fingerprint density at radius 1 is 1.11 bits per heavy atom. The van der Waals surface area contributed by atoms with E-state index in [2.05, 4.69) is 4.98 Å². The zero-order valence-corrected chi connectivity index (χ0v) is 14.8. The molecule has 1 atom stereocenters. The van der Waals surface area contributed by atoms with E-state index < -0.39 is 0 Å². The average Bonchev–Trinajstić information content (AvgIpc) is 2.73. The van der Waals surface area contributed by atoms with Crippen molar-refractivity contribution in [1.82, 2.24) is 14.9 Å². The van der Waals surface area contributed by atoms with Gasteiger partial charge in [-0.1, -0.05) is 18.2 Å². The van der Waals surface area contributed by atoms with Crippen molar-refractivity contribution >= 4 is 22.7 Å². The minimum Gasteiger partial charge on any atom is -0.369 e. The molecule has 1 aliphatic rings. The van der Waals surface area contributed by atoms with Crippen molar-refractivity contribution < 1.29 is 9.59 Å². The lowest BCUT2D eigenvalue weighted by atomic mass is 9.96. The largest absolute Gasteiger partial charge is 0.369 e. The molecule has 1 unspecified atom stereocenters. The Morgan fingerprint density at radius 3 is 2.67 bits per heavy atom. The second-order valence-electron chi connectivity index (χ2n) is 6.80. The first-order chi connectivity index (χ1) is 13.1. The molecule has 2 aromatic heterocycles. The lowest BCUT2D eigenvalue weighted by Crippen LogP contribution is -2.44. The van der Waals surface area contributed by atoms with Crippen LogP contribution >= 0.6 is 0 Å². The van der Waals surface area contributed by atoms with Gasteiger partial charge in [-0.15, -0.1) is 0 Å². The minimum absolute atomic E-state index is 0.0881. The van der Waals surface area contributed by atoms with Gasteiger partial charge in [0.05, 0.1) is 22.7 Å². The topological polar surface area (TPSA) is 89.2 Å². The standard InChI is InChI=1S/C21H20N4O2/c22-20(26)15-4-3-11-25(13-15)21(27)17-12-19(14-7-9-23-10-8-14)24-18-6-2-1-5-16(17)18/h1-2,5-10,12,15H,3-4,11,13H2,(H2,22,26). The second kappa shape index (κ2) is 7.15. The highest BCUT2D eigenvalue weighted by molar-refractivity contribution is 6.07. The Balaban J connectivity index is 1.78. The third kappa shape index (κ3) is 3.38. The molecule has 0 aliphatic carbocycles. The van der Waals surface area contributed by atoms with Gasteiger partial charge in [-0.3, -0.25) is 14.6 Å². The van der Waals surface area contributed by atoms with Crippen molar-refractivity contribution in [2.75, 3.05) is 13.1 Å². The molecule has 2 amide bonds. The third-order valence-electron chi connectivity index (χ3n) is 5.03. The van der Waals surface area contributed by atoms with Crippen LogP contribution in [0.1, 0.15) is 23.2 Å². The summed E-state index contributed by atoms with van der Waals surface area (Å²) in [5, 5.41) is 0.807. The average molecular weight is 360 g/mol. The first-order valence-electron chi connectivity index (χ1n) is 9.02. The van der Waals surface area contributed by atoms with Crippen LogP contribution in [0.25, 0.3) is 22.2 Å². The van der Waals surface area contributed by atoms with Gasteiger partial charge in [-0.05, 0) is 37.1 Å². The Labute approximate surface area is 157 Å². The highest BCUT2D eigenvalue weighted by Gasteiger charge is 2.28. The number of rotatable bonds is 3. The van der Waals surface area contributed by atoms with Gasteiger partial charge in [0.2, 0.25) is 5.91 Å². The number of amides is 2. The van der Waals surface area contributed by atoms with Crippen LogP contribution in [0.15, 0.2) is 54.9 Å². The van der Waals surface area contributed by atoms with Crippen molar-refractivity contribution in [1.29, 1.82) is 0 Å². The molecule has 0 radical (unpaired) electrons. The van der Waals surface area contributed by atoms with E-state index in [4.69, 9.17) is 10.7 Å². The molecule has 4 rings (SSSR count). The summed E-state index contributed by atoms with van der Waals surface area (Å²) >= 11 is 0. The van der Waals surface area contributed by atoms with E-state index in [0.29, 0.717) is 18.7 Å². The van der Waals surface area contributed by atoms with Gasteiger partial charge < -0.3 is 10.6 Å². The number of carbonyl (C=O) groups is 2. The van der Waals surface area contributed by atoms with E-state index in [1.807, 2.05) is 42.5 Å². The van der Waals surface area contributed by atoms with Crippen LogP contribution in [0.2, 0.25) is 0 Å². The van der Waals surface area contributed by atoms with E-state index in [1.165, 1.54) is 0 Å². The number of nitrogens with two attached hydrogens (primary N) is 1. The number of aromatic nitrogens is 2. The van der Waals surface area contributed by atoms with E-state index in [9.17, 15) is 9.59 Å². The van der Waals surface area contributed by atoms with E-state index in [-0.39, 0.29) is 17.7 Å². The molecule has 0 spiro atoms. The number of pyridine rings is 2. The molecular formula is C21H20N4O2. The van der Waals surface area contributed by atoms with Crippen molar-refractivity contribution in [3.8, 4) is 11.3 Å². The summed E-state index contributed by atoms with van der Waals surface area (Å²) in [6.45, 7) is 0.999. The van der Waals surface area contributed by atoms with E-state index in [1.54, 1.807) is 17.3 Å². The molecule has 6 nitrogen and oxygen atoms in total. The fourth-order valence-corrected chi connectivity index (χ4v) is 3.59. The fourth-order valence-electron chi connectivity index (χ4n) is 3.59. The number of primary amides is 1. The molecule has 3 aromatic rings. The molecule has 2 N–H and O–H groups in total. The van der Waals surface area contributed by atoms with Crippen LogP contribution < -0.4 is 5.73 Å². The smallest absolute Gasteiger partial charge is 0.254 e. The molecule has 6 heteroatoms. The van der Waals surface area contributed by atoms with Gasteiger partial charge in [-0.25, -0.2) is 4.98 Å². The zero-order valence-electron chi connectivity index (χ0n) is 14.8. The van der Waals surface area contributed by atoms with Gasteiger partial charge in [-0.2, -0.15) is 0 Å². The van der Waals surface area contributed by atoms with Crippen LogP contribution in [0.5, 0.6) is 0 Å². The van der Waals surface area contributed by atoms with Gasteiger partial charge in [0.15, 0.2) is 0 Å². The zero-order chi connectivity index (χ0) is 18.8. The van der Waals surface area contributed by atoms with Gasteiger partial charge >= 0.3 is 0 Å². The quantitative estimate of drug-likeness (QED) is 0.777.